The van der Waals surface area contributed by atoms with Gasteiger partial charge >= 0.3 is 0 Å². The highest BCUT2D eigenvalue weighted by molar-refractivity contribution is 6.32. The zero-order valence-electron chi connectivity index (χ0n) is 15.8. The van der Waals surface area contributed by atoms with Crippen molar-refractivity contribution in [2.45, 2.75) is 13.3 Å². The van der Waals surface area contributed by atoms with Crippen LogP contribution in [0.15, 0.2) is 78.9 Å². The topological polar surface area (TPSA) is 59.8 Å². The molecule has 0 saturated heterocycles. The van der Waals surface area contributed by atoms with Crippen molar-refractivity contribution in [3.05, 3.63) is 95.3 Å². The Kier molecular flexibility index (Phi) is 5.40. The van der Waals surface area contributed by atoms with Gasteiger partial charge in [0, 0.05) is 11.3 Å². The highest BCUT2D eigenvalue weighted by Gasteiger charge is 2.20. The molecule has 4 rings (SSSR count). The minimum atomic E-state index is -0.367. The Balaban J connectivity index is 1.77. The Hall–Kier alpha value is -3.44. The summed E-state index contributed by atoms with van der Waals surface area (Å²) in [7, 11) is 0. The summed E-state index contributed by atoms with van der Waals surface area (Å²) >= 11 is 6.39. The number of para-hydroxylation sites is 2. The molecule has 0 bridgehead atoms. The number of halogens is 1. The van der Waals surface area contributed by atoms with Crippen LogP contribution in [0.3, 0.4) is 0 Å². The maximum Gasteiger partial charge on any atom is 0.295 e. The van der Waals surface area contributed by atoms with E-state index in [0.29, 0.717) is 16.5 Å². The van der Waals surface area contributed by atoms with E-state index in [2.05, 4.69) is 15.4 Å². The lowest BCUT2D eigenvalue weighted by atomic mass is 10.1. The van der Waals surface area contributed by atoms with E-state index in [9.17, 15) is 4.79 Å². The molecule has 144 valence electrons. The molecule has 3 aromatic carbocycles. The van der Waals surface area contributed by atoms with E-state index in [1.54, 1.807) is 10.7 Å². The molecule has 1 heterocycles. The first-order chi connectivity index (χ1) is 14.2. The first kappa shape index (κ1) is 18.9. The van der Waals surface area contributed by atoms with Gasteiger partial charge in [-0.2, -0.15) is 0 Å². The summed E-state index contributed by atoms with van der Waals surface area (Å²) in [5.74, 6) is 0.260. The number of benzene rings is 3. The molecule has 1 aromatic heterocycles. The minimum Gasteiger partial charge on any atom is -0.319 e. The first-order valence-electron chi connectivity index (χ1n) is 9.34. The monoisotopic (exact) mass is 402 g/mol. The molecular weight excluding hydrogens is 384 g/mol. The number of anilines is 1. The second kappa shape index (κ2) is 8.29. The van der Waals surface area contributed by atoms with Crippen LogP contribution in [0.25, 0.3) is 17.1 Å². The Labute approximate surface area is 174 Å². The molecule has 0 radical (unpaired) electrons. The molecule has 6 heteroatoms. The minimum absolute atomic E-state index is 0.0784. The molecule has 5 nitrogen and oxygen atoms in total. The van der Waals surface area contributed by atoms with E-state index >= 15 is 0 Å². The predicted molar refractivity (Wildman–Crippen MR) is 116 cm³/mol. The van der Waals surface area contributed by atoms with Crippen LogP contribution in [0.4, 0.5) is 5.69 Å². The molecule has 29 heavy (non-hydrogen) atoms. The number of aryl methyl sites for hydroxylation is 1. The number of carbonyl (C=O) groups is 1. The van der Waals surface area contributed by atoms with Crippen molar-refractivity contribution in [1.29, 1.82) is 0 Å². The molecule has 0 aliphatic rings. The fraction of sp³-hybridized carbons (Fsp3) is 0.0870. The van der Waals surface area contributed by atoms with Crippen LogP contribution >= 0.6 is 11.6 Å². The second-order valence-electron chi connectivity index (χ2n) is 6.45. The van der Waals surface area contributed by atoms with E-state index in [-0.39, 0.29) is 11.7 Å². The summed E-state index contributed by atoms with van der Waals surface area (Å²) in [6, 6.07) is 24.6. The maximum atomic E-state index is 12.9. The van der Waals surface area contributed by atoms with Gasteiger partial charge in [0.05, 0.1) is 10.7 Å². The van der Waals surface area contributed by atoms with Gasteiger partial charge in [-0.1, -0.05) is 79.2 Å². The zero-order valence-corrected chi connectivity index (χ0v) is 16.6. The lowest BCUT2D eigenvalue weighted by Gasteiger charge is -2.08. The van der Waals surface area contributed by atoms with Crippen LogP contribution in [0.1, 0.15) is 23.1 Å². The maximum absolute atomic E-state index is 12.9. The third-order valence-electron chi connectivity index (χ3n) is 4.57. The van der Waals surface area contributed by atoms with Crippen LogP contribution in [0.5, 0.6) is 0 Å². The zero-order chi connectivity index (χ0) is 20.2. The van der Waals surface area contributed by atoms with Gasteiger partial charge in [0.1, 0.15) is 0 Å². The quantitative estimate of drug-likeness (QED) is 0.486. The molecule has 1 amide bonds. The second-order valence-corrected chi connectivity index (χ2v) is 6.86. The van der Waals surface area contributed by atoms with Crippen molar-refractivity contribution in [3.8, 4) is 17.1 Å². The number of hydrogen-bond donors (Lipinski definition) is 1. The van der Waals surface area contributed by atoms with Gasteiger partial charge < -0.3 is 5.32 Å². The highest BCUT2D eigenvalue weighted by atomic mass is 35.5. The van der Waals surface area contributed by atoms with Gasteiger partial charge in [-0.25, -0.2) is 9.67 Å². The van der Waals surface area contributed by atoms with Crippen molar-refractivity contribution < 1.29 is 4.79 Å². The average Bonchev–Trinajstić information content (AvgIpc) is 3.20. The van der Waals surface area contributed by atoms with Crippen LogP contribution < -0.4 is 5.32 Å². The van der Waals surface area contributed by atoms with Crippen LogP contribution in [0, 0.1) is 0 Å². The Morgan fingerprint density at radius 1 is 0.966 bits per heavy atom. The van der Waals surface area contributed by atoms with E-state index in [1.165, 1.54) is 0 Å². The predicted octanol–water partition coefficient (Wildman–Crippen LogP) is 5.40. The number of amides is 1. The molecule has 0 aliphatic carbocycles. The van der Waals surface area contributed by atoms with Crippen molar-refractivity contribution in [3.63, 3.8) is 0 Å². The van der Waals surface area contributed by atoms with Crippen molar-refractivity contribution in [2.75, 3.05) is 5.32 Å². The SMILES string of the molecule is CCc1ccccc1NC(=O)c1nc(-c2ccccc2)n(-c2ccccc2Cl)n1. The number of aromatic nitrogens is 3. The number of rotatable bonds is 5. The van der Waals surface area contributed by atoms with E-state index in [1.807, 2.05) is 79.7 Å². The lowest BCUT2D eigenvalue weighted by Crippen LogP contribution is -2.15. The average molecular weight is 403 g/mol. The van der Waals surface area contributed by atoms with Gasteiger partial charge in [0.2, 0.25) is 5.82 Å². The molecule has 1 N–H and O–H groups in total. The van der Waals surface area contributed by atoms with Crippen molar-refractivity contribution >= 4 is 23.2 Å². The Morgan fingerprint density at radius 2 is 1.66 bits per heavy atom. The third-order valence-corrected chi connectivity index (χ3v) is 4.89. The Morgan fingerprint density at radius 3 is 2.41 bits per heavy atom. The van der Waals surface area contributed by atoms with Crippen molar-refractivity contribution in [2.24, 2.45) is 0 Å². The van der Waals surface area contributed by atoms with Crippen LogP contribution in [0.2, 0.25) is 5.02 Å². The normalized spacial score (nSPS) is 10.7. The molecule has 0 spiro atoms. The highest BCUT2D eigenvalue weighted by Crippen LogP contribution is 2.26. The summed E-state index contributed by atoms with van der Waals surface area (Å²) in [6.45, 7) is 2.04. The fourth-order valence-electron chi connectivity index (χ4n) is 3.10. The van der Waals surface area contributed by atoms with Crippen LogP contribution in [-0.4, -0.2) is 20.7 Å². The van der Waals surface area contributed by atoms with E-state index in [0.717, 1.165) is 23.2 Å². The van der Waals surface area contributed by atoms with Gasteiger partial charge in [-0.3, -0.25) is 4.79 Å². The molecule has 0 unspecified atom stereocenters. The summed E-state index contributed by atoms with van der Waals surface area (Å²) in [5, 5.41) is 7.93. The number of nitrogens with zero attached hydrogens (tertiary/aromatic N) is 3. The van der Waals surface area contributed by atoms with E-state index < -0.39 is 0 Å². The first-order valence-corrected chi connectivity index (χ1v) is 9.72. The summed E-state index contributed by atoms with van der Waals surface area (Å²) in [6.07, 6.45) is 0.813. The van der Waals surface area contributed by atoms with Gasteiger partial charge in [0.15, 0.2) is 5.82 Å². The Bertz CT molecular complexity index is 1150. The molecule has 4 aromatic rings. The fourth-order valence-corrected chi connectivity index (χ4v) is 3.32. The summed E-state index contributed by atoms with van der Waals surface area (Å²) in [4.78, 5) is 17.4. The number of hydrogen-bond acceptors (Lipinski definition) is 3. The summed E-state index contributed by atoms with van der Waals surface area (Å²) in [5.41, 5.74) is 3.31. The molecule has 0 saturated carbocycles. The number of carbonyl (C=O) groups excluding carboxylic acids is 1. The lowest BCUT2D eigenvalue weighted by molar-refractivity contribution is 0.101. The third kappa shape index (κ3) is 3.91. The molecule has 0 fully saturated rings. The molecular formula is C23H19ClN4O. The molecule has 0 aliphatic heterocycles. The van der Waals surface area contributed by atoms with Gasteiger partial charge in [-0.05, 0) is 30.2 Å². The van der Waals surface area contributed by atoms with Gasteiger partial charge in [0.25, 0.3) is 5.91 Å². The summed E-state index contributed by atoms with van der Waals surface area (Å²) < 4.78 is 1.61. The largest absolute Gasteiger partial charge is 0.319 e. The van der Waals surface area contributed by atoms with E-state index in [4.69, 9.17) is 11.6 Å². The molecule has 0 atom stereocenters. The van der Waals surface area contributed by atoms with Crippen molar-refractivity contribution in [1.82, 2.24) is 14.8 Å². The smallest absolute Gasteiger partial charge is 0.295 e. The van der Waals surface area contributed by atoms with Gasteiger partial charge in [-0.15, -0.1) is 5.10 Å². The number of nitrogens with one attached hydrogen (secondary N) is 1. The van der Waals surface area contributed by atoms with Crippen LogP contribution in [-0.2, 0) is 6.42 Å². The standard InChI is InChI=1S/C23H19ClN4O/c1-2-16-10-6-8-14-19(16)25-23(29)21-26-22(17-11-4-3-5-12-17)28(27-21)20-15-9-7-13-18(20)24/h3-15H,2H2,1H3,(H,25,29).